The lowest BCUT2D eigenvalue weighted by Crippen LogP contribution is -2.00. The zero-order chi connectivity index (χ0) is 19.7. The number of nitrogens with one attached hydrogen (secondary N) is 1. The van der Waals surface area contributed by atoms with Crippen molar-refractivity contribution in [2.45, 2.75) is 13.8 Å². The number of anilines is 2. The second-order valence-corrected chi connectivity index (χ2v) is 6.21. The predicted molar refractivity (Wildman–Crippen MR) is 112 cm³/mol. The number of halogens is 1. The summed E-state index contributed by atoms with van der Waals surface area (Å²) in [5.41, 5.74) is 3.69. The van der Waals surface area contributed by atoms with Gasteiger partial charge in [-0.15, -0.1) is 12.4 Å². The number of methoxy groups -OCH3 is 2. The highest BCUT2D eigenvalue weighted by atomic mass is 35.5. The Morgan fingerprint density at radius 3 is 2.52 bits per heavy atom. The van der Waals surface area contributed by atoms with Crippen molar-refractivity contribution in [1.82, 2.24) is 20.1 Å². The van der Waals surface area contributed by atoms with Gasteiger partial charge in [-0.1, -0.05) is 5.16 Å². The Hall–Kier alpha value is -3.39. The van der Waals surface area contributed by atoms with Gasteiger partial charge in [0.05, 0.1) is 31.2 Å². The summed E-state index contributed by atoms with van der Waals surface area (Å²) in [6, 6.07) is 9.45. The molecule has 3 aromatic heterocycles. The lowest BCUT2D eigenvalue weighted by molar-refractivity contribution is 0.395. The van der Waals surface area contributed by atoms with Crippen molar-refractivity contribution in [2.75, 3.05) is 19.5 Å². The van der Waals surface area contributed by atoms with Crippen molar-refractivity contribution in [3.8, 4) is 23.0 Å². The van der Waals surface area contributed by atoms with Crippen molar-refractivity contribution in [2.24, 2.45) is 0 Å². The second-order valence-electron chi connectivity index (χ2n) is 6.21. The molecule has 4 aromatic rings. The molecule has 1 aromatic carbocycles. The monoisotopic (exact) mass is 413 g/mol. The van der Waals surface area contributed by atoms with Crippen LogP contribution in [-0.4, -0.2) is 34.3 Å². The number of aryl methyl sites for hydroxylation is 2. The standard InChI is InChI=1S/C20H19N5O3.ClH/c1-11-5-7-14-18(24-16-8-6-13(26-3)9-17(16)27-4)15(10-21-19(14)22-11)20-23-12(2)25-28-20;/h5-10H,1-4H3,(H,21,22,24);1H. The molecule has 29 heavy (non-hydrogen) atoms. The molecule has 0 unspecified atom stereocenters. The summed E-state index contributed by atoms with van der Waals surface area (Å²) in [6.45, 7) is 3.70. The molecule has 9 heteroatoms. The maximum atomic E-state index is 5.52. The lowest BCUT2D eigenvalue weighted by Gasteiger charge is -2.16. The van der Waals surface area contributed by atoms with Gasteiger partial charge < -0.3 is 19.3 Å². The maximum Gasteiger partial charge on any atom is 0.261 e. The Morgan fingerprint density at radius 1 is 1.00 bits per heavy atom. The maximum absolute atomic E-state index is 5.52. The van der Waals surface area contributed by atoms with E-state index in [9.17, 15) is 0 Å². The Bertz CT molecular complexity index is 1160. The third-order valence-electron chi connectivity index (χ3n) is 4.30. The molecule has 150 valence electrons. The summed E-state index contributed by atoms with van der Waals surface area (Å²) in [5, 5.41) is 8.15. The molecule has 0 fully saturated rings. The number of pyridine rings is 2. The van der Waals surface area contributed by atoms with Crippen molar-refractivity contribution in [3.05, 3.63) is 48.0 Å². The average molecular weight is 414 g/mol. The SMILES string of the molecule is COc1ccc(Nc2c(-c3nc(C)no3)cnc3nc(C)ccc23)c(OC)c1.Cl. The zero-order valence-electron chi connectivity index (χ0n) is 16.4. The lowest BCUT2D eigenvalue weighted by atomic mass is 10.1. The molecule has 4 rings (SSSR count). The van der Waals surface area contributed by atoms with Crippen LogP contribution >= 0.6 is 12.4 Å². The van der Waals surface area contributed by atoms with E-state index in [4.69, 9.17) is 14.0 Å². The number of benzene rings is 1. The summed E-state index contributed by atoms with van der Waals surface area (Å²) >= 11 is 0. The van der Waals surface area contributed by atoms with E-state index >= 15 is 0 Å². The summed E-state index contributed by atoms with van der Waals surface area (Å²) in [4.78, 5) is 13.3. The first-order chi connectivity index (χ1) is 13.6. The van der Waals surface area contributed by atoms with Crippen molar-refractivity contribution in [1.29, 1.82) is 0 Å². The first-order valence-corrected chi connectivity index (χ1v) is 8.65. The summed E-state index contributed by atoms with van der Waals surface area (Å²) < 4.78 is 16.2. The fourth-order valence-corrected chi connectivity index (χ4v) is 2.91. The minimum atomic E-state index is 0. The van der Waals surface area contributed by atoms with E-state index in [0.717, 1.165) is 22.5 Å². The van der Waals surface area contributed by atoms with E-state index in [2.05, 4.69) is 25.4 Å². The summed E-state index contributed by atoms with van der Waals surface area (Å²) in [6.07, 6.45) is 1.68. The Labute approximate surface area is 173 Å². The van der Waals surface area contributed by atoms with Crippen LogP contribution in [0.3, 0.4) is 0 Å². The van der Waals surface area contributed by atoms with Gasteiger partial charge in [0.1, 0.15) is 11.5 Å². The van der Waals surface area contributed by atoms with Gasteiger partial charge in [-0.25, -0.2) is 9.97 Å². The molecule has 0 amide bonds. The van der Waals surface area contributed by atoms with Crippen LogP contribution in [0.2, 0.25) is 0 Å². The number of ether oxygens (including phenoxy) is 2. The van der Waals surface area contributed by atoms with Crippen LogP contribution in [0.15, 0.2) is 41.1 Å². The highest BCUT2D eigenvalue weighted by molar-refractivity contribution is 5.98. The molecule has 0 spiro atoms. The summed E-state index contributed by atoms with van der Waals surface area (Å²) in [5.74, 6) is 2.26. The Balaban J connectivity index is 0.00000240. The number of aromatic nitrogens is 4. The molecule has 3 heterocycles. The minimum Gasteiger partial charge on any atom is -0.497 e. The van der Waals surface area contributed by atoms with Gasteiger partial charge in [0.25, 0.3) is 5.89 Å². The molecule has 0 radical (unpaired) electrons. The van der Waals surface area contributed by atoms with Crippen LogP contribution in [0.1, 0.15) is 11.5 Å². The van der Waals surface area contributed by atoms with E-state index in [1.165, 1.54) is 0 Å². The molecule has 0 atom stereocenters. The number of hydrogen-bond acceptors (Lipinski definition) is 8. The first kappa shape index (κ1) is 20.3. The number of hydrogen-bond donors (Lipinski definition) is 1. The van der Waals surface area contributed by atoms with Gasteiger partial charge in [0.2, 0.25) is 0 Å². The van der Waals surface area contributed by atoms with E-state index in [0.29, 0.717) is 34.4 Å². The topological polar surface area (TPSA) is 95.2 Å². The smallest absolute Gasteiger partial charge is 0.261 e. The zero-order valence-corrected chi connectivity index (χ0v) is 17.2. The van der Waals surface area contributed by atoms with Crippen LogP contribution in [0.5, 0.6) is 11.5 Å². The van der Waals surface area contributed by atoms with Crippen LogP contribution in [0, 0.1) is 13.8 Å². The quantitative estimate of drug-likeness (QED) is 0.511. The van der Waals surface area contributed by atoms with Crippen LogP contribution in [0.4, 0.5) is 11.4 Å². The van der Waals surface area contributed by atoms with E-state index < -0.39 is 0 Å². The molecule has 0 aliphatic rings. The fourth-order valence-electron chi connectivity index (χ4n) is 2.91. The molecule has 0 bridgehead atoms. The number of rotatable bonds is 5. The molecular weight excluding hydrogens is 394 g/mol. The normalized spacial score (nSPS) is 10.5. The molecule has 0 saturated heterocycles. The molecular formula is C20H20ClN5O3. The van der Waals surface area contributed by atoms with Crippen molar-refractivity contribution in [3.63, 3.8) is 0 Å². The van der Waals surface area contributed by atoms with Gasteiger partial charge >= 0.3 is 0 Å². The highest BCUT2D eigenvalue weighted by Crippen LogP contribution is 2.38. The van der Waals surface area contributed by atoms with Crippen molar-refractivity contribution < 1.29 is 14.0 Å². The van der Waals surface area contributed by atoms with E-state index in [1.807, 2.05) is 37.3 Å². The Kier molecular flexibility index (Phi) is 5.84. The largest absolute Gasteiger partial charge is 0.497 e. The van der Waals surface area contributed by atoms with Gasteiger partial charge in [-0.3, -0.25) is 0 Å². The minimum absolute atomic E-state index is 0. The van der Waals surface area contributed by atoms with Gasteiger partial charge in [-0.05, 0) is 38.1 Å². The van der Waals surface area contributed by atoms with Gasteiger partial charge in [0.15, 0.2) is 11.5 Å². The number of nitrogens with zero attached hydrogens (tertiary/aromatic N) is 4. The van der Waals surface area contributed by atoms with Crippen LogP contribution in [-0.2, 0) is 0 Å². The molecule has 0 aliphatic carbocycles. The van der Waals surface area contributed by atoms with Crippen molar-refractivity contribution >= 4 is 34.8 Å². The fraction of sp³-hybridized carbons (Fsp3) is 0.200. The van der Waals surface area contributed by atoms with E-state index in [-0.39, 0.29) is 12.4 Å². The first-order valence-electron chi connectivity index (χ1n) is 8.65. The average Bonchev–Trinajstić information content (AvgIpc) is 3.14. The molecule has 0 saturated carbocycles. The van der Waals surface area contributed by atoms with Gasteiger partial charge in [0, 0.05) is 23.3 Å². The van der Waals surface area contributed by atoms with Crippen LogP contribution < -0.4 is 14.8 Å². The number of fused-ring (bicyclic) bond motifs is 1. The molecule has 1 N–H and O–H groups in total. The molecule has 8 nitrogen and oxygen atoms in total. The highest BCUT2D eigenvalue weighted by Gasteiger charge is 2.18. The summed E-state index contributed by atoms with van der Waals surface area (Å²) in [7, 11) is 3.22. The van der Waals surface area contributed by atoms with Gasteiger partial charge in [-0.2, -0.15) is 4.98 Å². The Morgan fingerprint density at radius 2 is 1.83 bits per heavy atom. The third kappa shape index (κ3) is 3.93. The molecule has 0 aliphatic heterocycles. The predicted octanol–water partition coefficient (Wildman–Crippen LogP) is 4.48. The third-order valence-corrected chi connectivity index (χ3v) is 4.30. The second kappa shape index (κ2) is 8.32. The van der Waals surface area contributed by atoms with Crippen LogP contribution in [0.25, 0.3) is 22.5 Å². The van der Waals surface area contributed by atoms with E-state index in [1.54, 1.807) is 27.3 Å².